The maximum absolute atomic E-state index is 12.0. The van der Waals surface area contributed by atoms with E-state index in [9.17, 15) is 4.79 Å². The average molecular weight is 392 g/mol. The molecule has 0 unspecified atom stereocenters. The molecule has 0 bridgehead atoms. The minimum Gasteiger partial charge on any atom is -0.302 e. The van der Waals surface area contributed by atoms with Crippen LogP contribution in [0.25, 0.3) is 17.5 Å². The Kier molecular flexibility index (Phi) is 7.14. The number of nitrogens with one attached hydrogen (secondary N) is 1. The number of amides is 1. The molecule has 7 heteroatoms. The number of hydrogen-bond donors (Lipinski definition) is 1. The molecule has 0 saturated heterocycles. The van der Waals surface area contributed by atoms with E-state index in [-0.39, 0.29) is 11.7 Å². The second-order valence-electron chi connectivity index (χ2n) is 5.79. The van der Waals surface area contributed by atoms with Crippen LogP contribution in [0, 0.1) is 0 Å². The average Bonchev–Trinajstić information content (AvgIpc) is 3.16. The van der Waals surface area contributed by atoms with E-state index in [1.807, 2.05) is 78.2 Å². The van der Waals surface area contributed by atoms with Crippen LogP contribution in [0.1, 0.15) is 12.5 Å². The molecule has 1 N–H and O–H groups in total. The maximum atomic E-state index is 12.0. The first-order valence-electron chi connectivity index (χ1n) is 8.93. The lowest BCUT2D eigenvalue weighted by atomic mass is 10.2. The van der Waals surface area contributed by atoms with E-state index < -0.39 is 0 Å². The van der Waals surface area contributed by atoms with Gasteiger partial charge in [0.15, 0.2) is 11.0 Å². The Balaban J connectivity index is 1.51. The van der Waals surface area contributed by atoms with Gasteiger partial charge in [0.2, 0.25) is 0 Å². The largest absolute Gasteiger partial charge is 0.302 e. The Hall–Kier alpha value is -3.19. The SMILES string of the molecule is CCn1c(SCC(=O)N/N=C\C=C/c2ccccc2)nnc1-c1ccccc1. The van der Waals surface area contributed by atoms with E-state index >= 15 is 0 Å². The van der Waals surface area contributed by atoms with Gasteiger partial charge in [-0.2, -0.15) is 5.10 Å². The molecule has 0 radical (unpaired) electrons. The second kappa shape index (κ2) is 10.2. The molecule has 0 atom stereocenters. The minimum absolute atomic E-state index is 0.193. The van der Waals surface area contributed by atoms with Crippen LogP contribution in [0.5, 0.6) is 0 Å². The number of benzene rings is 2. The first kappa shape index (κ1) is 19.6. The van der Waals surface area contributed by atoms with Gasteiger partial charge in [-0.25, -0.2) is 5.43 Å². The normalized spacial score (nSPS) is 11.3. The van der Waals surface area contributed by atoms with Crippen LogP contribution in [0.2, 0.25) is 0 Å². The lowest BCUT2D eigenvalue weighted by molar-refractivity contribution is -0.118. The summed E-state index contributed by atoms with van der Waals surface area (Å²) in [6.07, 6.45) is 5.25. The van der Waals surface area contributed by atoms with Crippen molar-refractivity contribution < 1.29 is 4.79 Å². The summed E-state index contributed by atoms with van der Waals surface area (Å²) in [5.74, 6) is 0.823. The zero-order valence-electron chi connectivity index (χ0n) is 15.5. The molecule has 0 saturated carbocycles. The number of hydrazone groups is 1. The number of allylic oxidation sites excluding steroid dienone is 1. The smallest absolute Gasteiger partial charge is 0.250 e. The van der Waals surface area contributed by atoms with Crippen molar-refractivity contribution >= 4 is 30.0 Å². The molecule has 6 nitrogen and oxygen atoms in total. The van der Waals surface area contributed by atoms with Crippen molar-refractivity contribution in [1.29, 1.82) is 0 Å². The van der Waals surface area contributed by atoms with E-state index in [4.69, 9.17) is 0 Å². The zero-order valence-corrected chi connectivity index (χ0v) is 16.3. The van der Waals surface area contributed by atoms with E-state index in [2.05, 4.69) is 20.7 Å². The molecule has 2 aromatic carbocycles. The molecule has 0 aliphatic heterocycles. The van der Waals surface area contributed by atoms with Crippen molar-refractivity contribution in [2.75, 3.05) is 5.75 Å². The van der Waals surface area contributed by atoms with Crippen LogP contribution >= 0.6 is 11.8 Å². The quantitative estimate of drug-likeness (QED) is 0.359. The van der Waals surface area contributed by atoms with Crippen molar-refractivity contribution in [1.82, 2.24) is 20.2 Å². The third-order valence-corrected chi connectivity index (χ3v) is 4.80. The highest BCUT2D eigenvalue weighted by Crippen LogP contribution is 2.23. The van der Waals surface area contributed by atoms with E-state index in [1.54, 1.807) is 12.3 Å². The van der Waals surface area contributed by atoms with Gasteiger partial charge in [0.05, 0.1) is 5.75 Å². The lowest BCUT2D eigenvalue weighted by Crippen LogP contribution is -2.19. The highest BCUT2D eigenvalue weighted by Gasteiger charge is 2.14. The van der Waals surface area contributed by atoms with Crippen molar-refractivity contribution in [3.8, 4) is 11.4 Å². The molecule has 0 fully saturated rings. The van der Waals surface area contributed by atoms with Crippen LogP contribution in [0.15, 0.2) is 77.0 Å². The summed E-state index contributed by atoms with van der Waals surface area (Å²) in [5, 5.41) is 13.1. The Morgan fingerprint density at radius 1 is 1.11 bits per heavy atom. The van der Waals surface area contributed by atoms with Gasteiger partial charge in [-0.15, -0.1) is 10.2 Å². The summed E-state index contributed by atoms with van der Waals surface area (Å²) in [6.45, 7) is 2.76. The summed E-state index contributed by atoms with van der Waals surface area (Å²) in [5.41, 5.74) is 4.59. The molecule has 0 spiro atoms. The van der Waals surface area contributed by atoms with Gasteiger partial charge < -0.3 is 4.57 Å². The number of hydrogen-bond acceptors (Lipinski definition) is 5. The molecule has 3 rings (SSSR count). The zero-order chi connectivity index (χ0) is 19.6. The first-order chi connectivity index (χ1) is 13.8. The molecule has 0 aliphatic carbocycles. The van der Waals surface area contributed by atoms with Gasteiger partial charge >= 0.3 is 0 Å². The number of nitrogens with zero attached hydrogens (tertiary/aromatic N) is 4. The fourth-order valence-corrected chi connectivity index (χ4v) is 3.31. The Bertz CT molecular complexity index is 951. The van der Waals surface area contributed by atoms with E-state index in [1.165, 1.54) is 11.8 Å². The number of aromatic nitrogens is 3. The summed E-state index contributed by atoms with van der Waals surface area (Å²) >= 11 is 1.34. The highest BCUT2D eigenvalue weighted by atomic mass is 32.2. The van der Waals surface area contributed by atoms with Crippen LogP contribution in [0.4, 0.5) is 0 Å². The molecule has 142 valence electrons. The van der Waals surface area contributed by atoms with Crippen molar-refractivity contribution in [3.05, 3.63) is 72.3 Å². The van der Waals surface area contributed by atoms with Gasteiger partial charge in [-0.3, -0.25) is 4.79 Å². The third kappa shape index (κ3) is 5.40. The van der Waals surface area contributed by atoms with Gasteiger partial charge in [0, 0.05) is 18.3 Å². The van der Waals surface area contributed by atoms with Crippen molar-refractivity contribution in [3.63, 3.8) is 0 Å². The maximum Gasteiger partial charge on any atom is 0.250 e. The van der Waals surface area contributed by atoms with Crippen molar-refractivity contribution in [2.24, 2.45) is 5.10 Å². The number of carbonyl (C=O) groups is 1. The molecular weight excluding hydrogens is 370 g/mol. The Morgan fingerprint density at radius 3 is 2.54 bits per heavy atom. The van der Waals surface area contributed by atoms with Crippen LogP contribution in [0.3, 0.4) is 0 Å². The van der Waals surface area contributed by atoms with Gasteiger partial charge in [-0.1, -0.05) is 78.5 Å². The van der Waals surface area contributed by atoms with Crippen LogP contribution in [-0.2, 0) is 11.3 Å². The summed E-state index contributed by atoms with van der Waals surface area (Å²) in [7, 11) is 0. The van der Waals surface area contributed by atoms with E-state index in [0.29, 0.717) is 5.16 Å². The van der Waals surface area contributed by atoms with Gasteiger partial charge in [-0.05, 0) is 18.6 Å². The fraction of sp³-hybridized carbons (Fsp3) is 0.143. The van der Waals surface area contributed by atoms with Crippen LogP contribution < -0.4 is 5.43 Å². The van der Waals surface area contributed by atoms with Crippen molar-refractivity contribution in [2.45, 2.75) is 18.6 Å². The topological polar surface area (TPSA) is 72.2 Å². The fourth-order valence-electron chi connectivity index (χ4n) is 2.51. The lowest BCUT2D eigenvalue weighted by Gasteiger charge is -2.06. The van der Waals surface area contributed by atoms with E-state index in [0.717, 1.165) is 23.5 Å². The molecule has 3 aromatic rings. The Labute approximate surface area is 168 Å². The summed E-state index contributed by atoms with van der Waals surface area (Å²) < 4.78 is 2.00. The van der Waals surface area contributed by atoms with Crippen LogP contribution in [-0.4, -0.2) is 32.6 Å². The summed E-state index contributed by atoms with van der Waals surface area (Å²) in [6, 6.07) is 19.8. The third-order valence-electron chi connectivity index (χ3n) is 3.84. The molecule has 1 aromatic heterocycles. The van der Waals surface area contributed by atoms with Gasteiger partial charge in [0.25, 0.3) is 5.91 Å². The predicted molar refractivity (Wildman–Crippen MR) is 114 cm³/mol. The number of carbonyl (C=O) groups excluding carboxylic acids is 1. The highest BCUT2D eigenvalue weighted by molar-refractivity contribution is 7.99. The monoisotopic (exact) mass is 391 g/mol. The molecule has 1 amide bonds. The molecular formula is C21H21N5OS. The standard InChI is InChI=1S/C21H21N5OS/c1-2-26-20(18-13-7-4-8-14-18)24-25-21(26)28-16-19(27)23-22-15-9-12-17-10-5-3-6-11-17/h3-15H,2,16H2,1H3,(H,23,27)/b12-9-,22-15-. The molecule has 1 heterocycles. The molecule has 28 heavy (non-hydrogen) atoms. The number of thioether (sulfide) groups is 1. The number of rotatable bonds is 8. The minimum atomic E-state index is -0.193. The first-order valence-corrected chi connectivity index (χ1v) is 9.91. The predicted octanol–water partition coefficient (Wildman–Crippen LogP) is 3.87. The molecule has 0 aliphatic rings. The van der Waals surface area contributed by atoms with Gasteiger partial charge in [0.1, 0.15) is 0 Å². The summed E-state index contributed by atoms with van der Waals surface area (Å²) in [4.78, 5) is 12.0. The Morgan fingerprint density at radius 2 is 1.82 bits per heavy atom. The second-order valence-corrected chi connectivity index (χ2v) is 6.73.